The van der Waals surface area contributed by atoms with Gasteiger partial charge in [-0.3, -0.25) is 18.2 Å². The topological polar surface area (TPSA) is 217 Å². The Morgan fingerprint density at radius 1 is 0.318 bits per heavy atom. The lowest BCUT2D eigenvalue weighted by Gasteiger charge is -2.02. The summed E-state index contributed by atoms with van der Waals surface area (Å²) in [4.78, 5) is -0.268. The summed E-state index contributed by atoms with van der Waals surface area (Å²) in [6.45, 7) is 0. The fraction of sp³-hybridized carbons (Fsp3) is 0. The fourth-order valence-corrected chi connectivity index (χ4v) is 5.42. The average Bonchev–Trinajstić information content (AvgIpc) is 2.97. The summed E-state index contributed by atoms with van der Waals surface area (Å²) >= 11 is 0. The van der Waals surface area contributed by atoms with Gasteiger partial charge in [0.05, 0.1) is 14.7 Å². The van der Waals surface area contributed by atoms with E-state index in [1.807, 2.05) is 6.07 Å². The molecule has 0 fully saturated rings. The van der Waals surface area contributed by atoms with E-state index < -0.39 is 40.5 Å². The van der Waals surface area contributed by atoms with Crippen LogP contribution in [0.5, 0.6) is 0 Å². The molecule has 5 rings (SSSR count). The zero-order valence-corrected chi connectivity index (χ0v) is 25.7. The van der Waals surface area contributed by atoms with Crippen molar-refractivity contribution in [3.8, 4) is 0 Å². The van der Waals surface area contributed by atoms with Crippen LogP contribution in [0.2, 0.25) is 0 Å². The molecule has 4 N–H and O–H groups in total. The van der Waals surface area contributed by atoms with Crippen LogP contribution in [0.4, 0.5) is 0 Å². The van der Waals surface area contributed by atoms with Crippen LogP contribution in [0.15, 0.2) is 153 Å². The van der Waals surface area contributed by atoms with Crippen molar-refractivity contribution in [1.29, 1.82) is 0 Å². The highest BCUT2D eigenvalue weighted by Crippen LogP contribution is 2.22. The van der Waals surface area contributed by atoms with Crippen LogP contribution in [0, 0.1) is 0 Å². The minimum absolute atomic E-state index is 0.0457. The summed E-state index contributed by atoms with van der Waals surface area (Å²) in [6.07, 6.45) is 0. The first-order valence-corrected chi connectivity index (χ1v) is 17.7. The van der Waals surface area contributed by atoms with Crippen LogP contribution in [0.3, 0.4) is 0 Å². The highest BCUT2D eigenvalue weighted by molar-refractivity contribution is 7.86. The lowest BCUT2D eigenvalue weighted by Crippen LogP contribution is -1.98. The molecule has 16 heteroatoms. The zero-order valence-electron chi connectivity index (χ0n) is 22.4. The largest absolute Gasteiger partial charge is 0.295 e. The second kappa shape index (κ2) is 15.6. The molecule has 0 heterocycles. The predicted molar refractivity (Wildman–Crippen MR) is 163 cm³/mol. The molecule has 0 aliphatic heterocycles. The lowest BCUT2D eigenvalue weighted by atomic mass is 10.1. The molecule has 0 aromatic heterocycles. The summed E-state index contributed by atoms with van der Waals surface area (Å²) in [5.41, 5.74) is 0. The van der Waals surface area contributed by atoms with Crippen molar-refractivity contribution in [2.24, 2.45) is 0 Å². The average molecular weight is 683 g/mol. The zero-order chi connectivity index (χ0) is 33.0. The van der Waals surface area contributed by atoms with Gasteiger partial charge in [0, 0.05) is 5.39 Å². The number of benzene rings is 5. The summed E-state index contributed by atoms with van der Waals surface area (Å²) in [7, 11) is -16.1. The monoisotopic (exact) mass is 682 g/mol. The van der Waals surface area contributed by atoms with Crippen LogP contribution in [0.25, 0.3) is 10.8 Å². The molecule has 44 heavy (non-hydrogen) atoms. The first-order chi connectivity index (χ1) is 20.4. The van der Waals surface area contributed by atoms with Gasteiger partial charge >= 0.3 is 0 Å². The molecule has 0 spiro atoms. The lowest BCUT2D eigenvalue weighted by molar-refractivity contribution is 0.481. The molecule has 0 aliphatic carbocycles. The van der Waals surface area contributed by atoms with Crippen molar-refractivity contribution in [3.05, 3.63) is 133 Å². The number of rotatable bonds is 4. The molecular formula is C28H26O12S4. The van der Waals surface area contributed by atoms with Crippen molar-refractivity contribution in [2.45, 2.75) is 19.6 Å². The van der Waals surface area contributed by atoms with Gasteiger partial charge in [-0.05, 0) is 47.9 Å². The Morgan fingerprint density at radius 3 is 0.909 bits per heavy atom. The van der Waals surface area contributed by atoms with Gasteiger partial charge in [0.15, 0.2) is 0 Å². The van der Waals surface area contributed by atoms with Gasteiger partial charge in [0.2, 0.25) is 0 Å². The van der Waals surface area contributed by atoms with Gasteiger partial charge in [-0.1, -0.05) is 91.0 Å². The Bertz CT molecular complexity index is 1920. The molecule has 0 saturated carbocycles. The third-order valence-electron chi connectivity index (χ3n) is 5.15. The van der Waals surface area contributed by atoms with E-state index in [0.717, 1.165) is 5.39 Å². The van der Waals surface area contributed by atoms with Gasteiger partial charge in [0.1, 0.15) is 4.90 Å². The van der Waals surface area contributed by atoms with Crippen molar-refractivity contribution in [1.82, 2.24) is 0 Å². The van der Waals surface area contributed by atoms with E-state index in [0.29, 0.717) is 5.39 Å². The molecule has 0 unspecified atom stereocenters. The van der Waals surface area contributed by atoms with Crippen LogP contribution in [-0.4, -0.2) is 51.9 Å². The molecule has 234 valence electrons. The molecule has 0 aliphatic rings. The summed E-state index contributed by atoms with van der Waals surface area (Å²) in [6, 6.07) is 34.1. The van der Waals surface area contributed by atoms with Crippen molar-refractivity contribution >= 4 is 51.2 Å². The Labute approximate surface area is 255 Å². The van der Waals surface area contributed by atoms with Gasteiger partial charge in [0.25, 0.3) is 40.5 Å². The Balaban J connectivity index is 0.000000207. The van der Waals surface area contributed by atoms with E-state index in [2.05, 4.69) is 0 Å². The molecule has 0 amide bonds. The second-order valence-corrected chi connectivity index (χ2v) is 14.0. The van der Waals surface area contributed by atoms with E-state index in [1.165, 1.54) is 42.5 Å². The first-order valence-electron chi connectivity index (χ1n) is 11.9. The number of hydrogen-bond donors (Lipinski definition) is 4. The third kappa shape index (κ3) is 12.3. The molecule has 0 radical (unpaired) electrons. The molecule has 5 aromatic carbocycles. The third-order valence-corrected chi connectivity index (χ3v) is 8.67. The first kappa shape index (κ1) is 36.2. The van der Waals surface area contributed by atoms with Crippen molar-refractivity contribution < 1.29 is 51.9 Å². The highest BCUT2D eigenvalue weighted by atomic mass is 32.2. The molecule has 0 saturated heterocycles. The van der Waals surface area contributed by atoms with Gasteiger partial charge < -0.3 is 0 Å². The van der Waals surface area contributed by atoms with Crippen LogP contribution in [-0.2, 0) is 40.5 Å². The SMILES string of the molecule is O=S(=O)(O)c1cccc2ccccc12.O=S(=O)(O)c1ccccc1.O=S(=O)(O)c1ccccc1.O=S(=O)(O)c1ccccc1. The second-order valence-electron chi connectivity index (χ2n) is 8.32. The van der Waals surface area contributed by atoms with Gasteiger partial charge in [-0.15, -0.1) is 0 Å². The molecule has 0 bridgehead atoms. The van der Waals surface area contributed by atoms with Crippen LogP contribution >= 0.6 is 0 Å². The summed E-state index contributed by atoms with van der Waals surface area (Å²) in [5, 5.41) is 1.33. The predicted octanol–water partition coefficient (Wildman–Crippen LogP) is 4.89. The summed E-state index contributed by atoms with van der Waals surface area (Å²) < 4.78 is 119. The maximum atomic E-state index is 11.0. The molecule has 12 nitrogen and oxygen atoms in total. The van der Waals surface area contributed by atoms with E-state index in [9.17, 15) is 33.7 Å². The minimum Gasteiger partial charge on any atom is -0.282 e. The van der Waals surface area contributed by atoms with E-state index >= 15 is 0 Å². The van der Waals surface area contributed by atoms with Crippen molar-refractivity contribution in [3.63, 3.8) is 0 Å². The van der Waals surface area contributed by atoms with Gasteiger partial charge in [-0.2, -0.15) is 33.7 Å². The summed E-state index contributed by atoms with van der Waals surface area (Å²) in [5.74, 6) is 0. The van der Waals surface area contributed by atoms with E-state index in [1.54, 1.807) is 84.9 Å². The number of fused-ring (bicyclic) bond motifs is 1. The number of hydrogen-bond acceptors (Lipinski definition) is 8. The van der Waals surface area contributed by atoms with Gasteiger partial charge in [-0.25, -0.2) is 0 Å². The molecular weight excluding hydrogens is 657 g/mol. The normalized spacial score (nSPS) is 11.5. The Morgan fingerprint density at radius 2 is 0.614 bits per heavy atom. The van der Waals surface area contributed by atoms with E-state index in [4.69, 9.17) is 18.2 Å². The Hall–Kier alpha value is -4.00. The maximum absolute atomic E-state index is 11.0. The Kier molecular flexibility index (Phi) is 12.9. The fourth-order valence-electron chi connectivity index (χ4n) is 3.20. The van der Waals surface area contributed by atoms with E-state index in [-0.39, 0.29) is 19.6 Å². The maximum Gasteiger partial charge on any atom is 0.295 e. The molecule has 5 aromatic rings. The van der Waals surface area contributed by atoms with Crippen molar-refractivity contribution in [2.75, 3.05) is 0 Å². The smallest absolute Gasteiger partial charge is 0.282 e. The van der Waals surface area contributed by atoms with Crippen LogP contribution in [0.1, 0.15) is 0 Å². The highest BCUT2D eigenvalue weighted by Gasteiger charge is 2.12. The minimum atomic E-state index is -4.13. The standard InChI is InChI=1S/C10H8O3S.3C6H6O3S/c11-14(12,13)10-7-3-5-8-4-1-2-6-9(8)10;3*7-10(8,9)6-4-2-1-3-5-6/h1-7H,(H,11,12,13);3*1-5H,(H,7,8,9). The quantitative estimate of drug-likeness (QED) is 0.186. The molecule has 0 atom stereocenters. The van der Waals surface area contributed by atoms with Crippen LogP contribution < -0.4 is 0 Å².